The van der Waals surface area contributed by atoms with Crippen LogP contribution in [0.3, 0.4) is 0 Å². The number of sulfonamides is 1. The van der Waals surface area contributed by atoms with Crippen molar-refractivity contribution in [3.8, 4) is 0 Å². The minimum absolute atomic E-state index is 0.126. The standard InChI is InChI=1S/C14H20ClN3O3S/c1-11-9-18(8-7-16-11)14(19)10-17(2)22(20,21)13-5-3-12(15)4-6-13/h3-6,11,16H,7-10H2,1-2H3. The molecule has 1 saturated heterocycles. The maximum atomic E-state index is 12.4. The van der Waals surface area contributed by atoms with Crippen LogP contribution in [0.5, 0.6) is 0 Å². The van der Waals surface area contributed by atoms with Gasteiger partial charge in [-0.2, -0.15) is 4.31 Å². The molecule has 22 heavy (non-hydrogen) atoms. The van der Waals surface area contributed by atoms with Crippen LogP contribution in [-0.2, 0) is 14.8 Å². The van der Waals surface area contributed by atoms with Crippen molar-refractivity contribution in [1.29, 1.82) is 0 Å². The highest BCUT2D eigenvalue weighted by Gasteiger charge is 2.27. The molecule has 0 spiro atoms. The lowest BCUT2D eigenvalue weighted by atomic mass is 10.2. The molecule has 1 fully saturated rings. The Morgan fingerprint density at radius 2 is 2.05 bits per heavy atom. The van der Waals surface area contributed by atoms with Crippen molar-refractivity contribution in [3.63, 3.8) is 0 Å². The van der Waals surface area contributed by atoms with Gasteiger partial charge in [-0.15, -0.1) is 0 Å². The first kappa shape index (κ1) is 17.2. The van der Waals surface area contributed by atoms with Gasteiger partial charge in [0.15, 0.2) is 0 Å². The molecule has 0 radical (unpaired) electrons. The first-order valence-corrected chi connectivity index (χ1v) is 8.85. The number of rotatable bonds is 4. The molecule has 6 nitrogen and oxygen atoms in total. The summed E-state index contributed by atoms with van der Waals surface area (Å²) in [6.07, 6.45) is 0. The molecule has 1 aliphatic heterocycles. The molecule has 1 aromatic rings. The van der Waals surface area contributed by atoms with Crippen molar-refractivity contribution in [2.24, 2.45) is 0 Å². The molecule has 8 heteroatoms. The Kier molecular flexibility index (Phi) is 5.44. The number of nitrogens with one attached hydrogen (secondary N) is 1. The number of carbonyl (C=O) groups excluding carboxylic acids is 1. The number of carbonyl (C=O) groups is 1. The minimum Gasteiger partial charge on any atom is -0.339 e. The number of piperazine rings is 1. The van der Waals surface area contributed by atoms with Gasteiger partial charge in [-0.3, -0.25) is 4.79 Å². The summed E-state index contributed by atoms with van der Waals surface area (Å²) in [5.74, 6) is -0.187. The van der Waals surface area contributed by atoms with Crippen molar-refractivity contribution >= 4 is 27.5 Å². The SMILES string of the molecule is CC1CN(C(=O)CN(C)S(=O)(=O)c2ccc(Cl)cc2)CCN1. The minimum atomic E-state index is -3.69. The average molecular weight is 346 g/mol. The summed E-state index contributed by atoms with van der Waals surface area (Å²) in [7, 11) is -2.28. The van der Waals surface area contributed by atoms with E-state index >= 15 is 0 Å². The van der Waals surface area contributed by atoms with Gasteiger partial charge < -0.3 is 10.2 Å². The van der Waals surface area contributed by atoms with Crippen LogP contribution in [0.15, 0.2) is 29.2 Å². The quantitative estimate of drug-likeness (QED) is 0.875. The van der Waals surface area contributed by atoms with E-state index in [1.165, 1.54) is 31.3 Å². The number of hydrogen-bond donors (Lipinski definition) is 1. The number of halogens is 1. The monoisotopic (exact) mass is 345 g/mol. The first-order chi connectivity index (χ1) is 10.3. The third-order valence-corrected chi connectivity index (χ3v) is 5.67. The Morgan fingerprint density at radius 1 is 1.41 bits per heavy atom. The third kappa shape index (κ3) is 3.98. The van der Waals surface area contributed by atoms with Crippen LogP contribution in [0.25, 0.3) is 0 Å². The van der Waals surface area contributed by atoms with Crippen molar-refractivity contribution < 1.29 is 13.2 Å². The lowest BCUT2D eigenvalue weighted by Gasteiger charge is -2.32. The zero-order valence-corrected chi connectivity index (χ0v) is 14.2. The highest BCUT2D eigenvalue weighted by molar-refractivity contribution is 7.89. The van der Waals surface area contributed by atoms with Gasteiger partial charge >= 0.3 is 0 Å². The van der Waals surface area contributed by atoms with Crippen LogP contribution in [0, 0.1) is 0 Å². The summed E-state index contributed by atoms with van der Waals surface area (Å²) in [4.78, 5) is 14.1. The molecule has 1 amide bonds. The summed E-state index contributed by atoms with van der Waals surface area (Å²) >= 11 is 5.77. The Hall–Kier alpha value is -1.15. The van der Waals surface area contributed by atoms with E-state index in [4.69, 9.17) is 11.6 Å². The van der Waals surface area contributed by atoms with E-state index in [9.17, 15) is 13.2 Å². The van der Waals surface area contributed by atoms with Crippen molar-refractivity contribution in [3.05, 3.63) is 29.3 Å². The largest absolute Gasteiger partial charge is 0.339 e. The van der Waals surface area contributed by atoms with Gasteiger partial charge in [0, 0.05) is 37.7 Å². The van der Waals surface area contributed by atoms with E-state index in [0.29, 0.717) is 18.1 Å². The zero-order chi connectivity index (χ0) is 16.3. The summed E-state index contributed by atoms with van der Waals surface area (Å²) in [6.45, 7) is 3.73. The molecular weight excluding hydrogens is 326 g/mol. The molecule has 1 N–H and O–H groups in total. The van der Waals surface area contributed by atoms with E-state index in [1.54, 1.807) is 4.90 Å². The van der Waals surface area contributed by atoms with Crippen LogP contribution in [0.4, 0.5) is 0 Å². The molecule has 1 unspecified atom stereocenters. The number of amides is 1. The van der Waals surface area contributed by atoms with Gasteiger partial charge in [-0.25, -0.2) is 8.42 Å². The second-order valence-corrected chi connectivity index (χ2v) is 7.89. The van der Waals surface area contributed by atoms with Crippen molar-refractivity contribution in [1.82, 2.24) is 14.5 Å². The zero-order valence-electron chi connectivity index (χ0n) is 12.6. The normalized spacial score (nSPS) is 19.5. The maximum absolute atomic E-state index is 12.4. The average Bonchev–Trinajstić information content (AvgIpc) is 2.47. The van der Waals surface area contributed by atoms with Crippen LogP contribution >= 0.6 is 11.6 Å². The fraction of sp³-hybridized carbons (Fsp3) is 0.500. The van der Waals surface area contributed by atoms with E-state index < -0.39 is 10.0 Å². The molecule has 1 heterocycles. The van der Waals surface area contributed by atoms with Gasteiger partial charge in [0.05, 0.1) is 11.4 Å². The molecule has 1 atom stereocenters. The fourth-order valence-electron chi connectivity index (χ4n) is 2.32. The Bertz CT molecular complexity index is 633. The molecule has 1 aromatic carbocycles. The summed E-state index contributed by atoms with van der Waals surface area (Å²) < 4.78 is 25.9. The van der Waals surface area contributed by atoms with Crippen LogP contribution < -0.4 is 5.32 Å². The lowest BCUT2D eigenvalue weighted by Crippen LogP contribution is -2.53. The van der Waals surface area contributed by atoms with E-state index in [-0.39, 0.29) is 23.4 Å². The molecule has 1 aliphatic rings. The van der Waals surface area contributed by atoms with Gasteiger partial charge in [0.2, 0.25) is 15.9 Å². The van der Waals surface area contributed by atoms with E-state index in [2.05, 4.69) is 5.32 Å². The van der Waals surface area contributed by atoms with Crippen molar-refractivity contribution in [2.45, 2.75) is 17.9 Å². The fourth-order valence-corrected chi connectivity index (χ4v) is 3.57. The second-order valence-electron chi connectivity index (χ2n) is 5.41. The predicted molar refractivity (Wildman–Crippen MR) is 85.3 cm³/mol. The Morgan fingerprint density at radius 3 is 2.64 bits per heavy atom. The number of benzene rings is 1. The molecule has 0 bridgehead atoms. The Labute approximate surface area is 136 Å². The predicted octanol–water partition coefficient (Wildman–Crippen LogP) is 0.781. The second kappa shape index (κ2) is 6.95. The topological polar surface area (TPSA) is 69.7 Å². The van der Waals surface area contributed by atoms with Crippen molar-refractivity contribution in [2.75, 3.05) is 33.2 Å². The highest BCUT2D eigenvalue weighted by atomic mass is 35.5. The number of hydrogen-bond acceptors (Lipinski definition) is 4. The van der Waals surface area contributed by atoms with Gasteiger partial charge in [0.25, 0.3) is 0 Å². The molecule has 2 rings (SSSR count). The van der Waals surface area contributed by atoms with E-state index in [0.717, 1.165) is 10.8 Å². The van der Waals surface area contributed by atoms with Crippen LogP contribution in [0.2, 0.25) is 5.02 Å². The number of nitrogens with zero attached hydrogens (tertiary/aromatic N) is 2. The van der Waals surface area contributed by atoms with Gasteiger partial charge in [-0.1, -0.05) is 11.6 Å². The summed E-state index contributed by atoms with van der Waals surface area (Å²) in [5.41, 5.74) is 0. The lowest BCUT2D eigenvalue weighted by molar-refractivity contribution is -0.132. The summed E-state index contributed by atoms with van der Waals surface area (Å²) in [5, 5.41) is 3.71. The molecule has 122 valence electrons. The molecule has 0 aliphatic carbocycles. The van der Waals surface area contributed by atoms with Gasteiger partial charge in [0.1, 0.15) is 0 Å². The first-order valence-electron chi connectivity index (χ1n) is 7.04. The molecule has 0 aromatic heterocycles. The molecule has 0 saturated carbocycles. The van der Waals surface area contributed by atoms with Crippen LogP contribution in [-0.4, -0.2) is 62.8 Å². The highest BCUT2D eigenvalue weighted by Crippen LogP contribution is 2.17. The third-order valence-electron chi connectivity index (χ3n) is 3.60. The summed E-state index contributed by atoms with van der Waals surface area (Å²) in [6, 6.07) is 6.12. The maximum Gasteiger partial charge on any atom is 0.243 e. The van der Waals surface area contributed by atoms with Crippen LogP contribution in [0.1, 0.15) is 6.92 Å². The smallest absolute Gasteiger partial charge is 0.243 e. The molecular formula is C14H20ClN3O3S. The van der Waals surface area contributed by atoms with E-state index in [1.807, 2.05) is 6.92 Å². The number of likely N-dealkylation sites (N-methyl/N-ethyl adjacent to an activating group) is 1. The van der Waals surface area contributed by atoms with Gasteiger partial charge in [-0.05, 0) is 31.2 Å². The Balaban J connectivity index is 2.05.